The van der Waals surface area contributed by atoms with Gasteiger partial charge in [-0.25, -0.2) is 0 Å². The van der Waals surface area contributed by atoms with Gasteiger partial charge in [-0.3, -0.25) is 4.79 Å². The van der Waals surface area contributed by atoms with Crippen molar-refractivity contribution in [3.8, 4) is 11.8 Å². The molecule has 0 unspecified atom stereocenters. The number of esters is 1. The fourth-order valence-electron chi connectivity index (χ4n) is 1.58. The first-order valence-corrected chi connectivity index (χ1v) is 5.71. The number of nitriles is 1. The molecule has 1 rings (SSSR count). The van der Waals surface area contributed by atoms with Crippen molar-refractivity contribution in [1.29, 1.82) is 5.26 Å². The van der Waals surface area contributed by atoms with Gasteiger partial charge < -0.3 is 9.47 Å². The van der Waals surface area contributed by atoms with Gasteiger partial charge in [0.15, 0.2) is 0 Å². The minimum Gasteiger partial charge on any atom is -0.466 e. The topological polar surface area (TPSA) is 59.3 Å². The first-order chi connectivity index (χ1) is 9.26. The van der Waals surface area contributed by atoms with E-state index in [1.165, 1.54) is 6.07 Å². The van der Waals surface area contributed by atoms with Crippen LogP contribution in [0.3, 0.4) is 0 Å². The molecule has 0 saturated carbocycles. The molecular weight excluding hydrogens is 275 g/mol. The van der Waals surface area contributed by atoms with Crippen LogP contribution >= 0.6 is 0 Å². The highest BCUT2D eigenvalue weighted by molar-refractivity contribution is 5.73. The Labute approximate surface area is 113 Å². The van der Waals surface area contributed by atoms with Crippen molar-refractivity contribution in [3.05, 3.63) is 28.8 Å². The quantitative estimate of drug-likeness (QED) is 0.799. The number of carbonyl (C=O) groups excluding carboxylic acids is 1. The normalized spacial score (nSPS) is 10.8. The average molecular weight is 287 g/mol. The summed E-state index contributed by atoms with van der Waals surface area (Å²) in [5.41, 5.74) is 0.596. The maximum absolute atomic E-state index is 12.2. The smallest absolute Gasteiger partial charge is 0.466 e. The first-order valence-electron chi connectivity index (χ1n) is 5.71. The molecule has 0 fully saturated rings. The van der Waals surface area contributed by atoms with Gasteiger partial charge in [0.2, 0.25) is 0 Å². The summed E-state index contributed by atoms with van der Waals surface area (Å²) in [6.07, 6.45) is -5.08. The molecule has 0 N–H and O–H groups in total. The Morgan fingerprint density at radius 2 is 2.05 bits per heavy atom. The van der Waals surface area contributed by atoms with E-state index in [1.807, 2.05) is 0 Å². The monoisotopic (exact) mass is 287 g/mol. The van der Waals surface area contributed by atoms with Crippen molar-refractivity contribution in [3.63, 3.8) is 0 Å². The van der Waals surface area contributed by atoms with Gasteiger partial charge in [-0.2, -0.15) is 5.26 Å². The number of rotatable bonds is 4. The molecule has 1 aromatic rings. The van der Waals surface area contributed by atoms with Crippen molar-refractivity contribution in [2.24, 2.45) is 0 Å². The second-order valence-electron chi connectivity index (χ2n) is 3.92. The number of hydrogen-bond acceptors (Lipinski definition) is 4. The number of carbonyl (C=O) groups is 1. The SMILES string of the molecule is CCOC(=O)Cc1cc(OC(F)(F)F)c(C#N)cc1C. The molecule has 108 valence electrons. The molecule has 0 aromatic heterocycles. The molecule has 0 spiro atoms. The zero-order valence-electron chi connectivity index (χ0n) is 10.9. The summed E-state index contributed by atoms with van der Waals surface area (Å²) >= 11 is 0. The fraction of sp³-hybridized carbons (Fsp3) is 0.385. The number of nitrogens with zero attached hydrogens (tertiary/aromatic N) is 1. The molecule has 1 aromatic carbocycles. The largest absolute Gasteiger partial charge is 0.573 e. The van der Waals surface area contributed by atoms with Crippen molar-refractivity contribution in [2.45, 2.75) is 26.6 Å². The second kappa shape index (κ2) is 6.28. The molecule has 20 heavy (non-hydrogen) atoms. The van der Waals surface area contributed by atoms with Crippen LogP contribution in [-0.4, -0.2) is 18.9 Å². The Balaban J connectivity index is 3.11. The molecule has 0 bridgehead atoms. The second-order valence-corrected chi connectivity index (χ2v) is 3.92. The fourth-order valence-corrected chi connectivity index (χ4v) is 1.58. The van der Waals surface area contributed by atoms with Gasteiger partial charge in [0.25, 0.3) is 0 Å². The summed E-state index contributed by atoms with van der Waals surface area (Å²) in [5, 5.41) is 8.81. The van der Waals surface area contributed by atoms with E-state index in [-0.39, 0.29) is 18.6 Å². The molecule has 0 radical (unpaired) electrons. The molecule has 0 heterocycles. The van der Waals surface area contributed by atoms with Gasteiger partial charge in [-0.15, -0.1) is 13.2 Å². The molecule has 0 atom stereocenters. The summed E-state index contributed by atoms with van der Waals surface area (Å²) in [5.74, 6) is -1.18. The van der Waals surface area contributed by atoms with E-state index in [1.54, 1.807) is 19.9 Å². The van der Waals surface area contributed by atoms with Crippen LogP contribution in [0.5, 0.6) is 5.75 Å². The van der Waals surface area contributed by atoms with Gasteiger partial charge >= 0.3 is 12.3 Å². The highest BCUT2D eigenvalue weighted by Crippen LogP contribution is 2.29. The van der Waals surface area contributed by atoms with Crippen molar-refractivity contribution < 1.29 is 27.4 Å². The van der Waals surface area contributed by atoms with Crippen LogP contribution in [0.1, 0.15) is 23.6 Å². The molecule has 0 aliphatic carbocycles. The summed E-state index contributed by atoms with van der Waals surface area (Å²) < 4.78 is 45.3. The number of hydrogen-bond donors (Lipinski definition) is 0. The number of ether oxygens (including phenoxy) is 2. The lowest BCUT2D eigenvalue weighted by Gasteiger charge is -2.13. The predicted molar refractivity (Wildman–Crippen MR) is 62.9 cm³/mol. The van der Waals surface area contributed by atoms with Crippen LogP contribution in [0.2, 0.25) is 0 Å². The summed E-state index contributed by atoms with van der Waals surface area (Å²) in [6.45, 7) is 3.40. The van der Waals surface area contributed by atoms with Gasteiger partial charge in [-0.1, -0.05) is 0 Å². The Morgan fingerprint density at radius 1 is 1.40 bits per heavy atom. The third-order valence-corrected chi connectivity index (χ3v) is 2.42. The van der Waals surface area contributed by atoms with Crippen LogP contribution in [0.25, 0.3) is 0 Å². The van der Waals surface area contributed by atoms with Crippen LogP contribution in [0.4, 0.5) is 13.2 Å². The van der Waals surface area contributed by atoms with Gasteiger partial charge in [-0.05, 0) is 37.1 Å². The minimum absolute atomic E-state index is 0.181. The third kappa shape index (κ3) is 4.46. The van der Waals surface area contributed by atoms with Crippen molar-refractivity contribution in [1.82, 2.24) is 0 Å². The van der Waals surface area contributed by atoms with Crippen LogP contribution < -0.4 is 4.74 Å². The maximum Gasteiger partial charge on any atom is 0.573 e. The van der Waals surface area contributed by atoms with Crippen molar-refractivity contribution >= 4 is 5.97 Å². The Hall–Kier alpha value is -2.23. The van der Waals surface area contributed by atoms with E-state index in [4.69, 9.17) is 10.00 Å². The highest BCUT2D eigenvalue weighted by Gasteiger charge is 2.32. The molecular formula is C13H12F3NO3. The van der Waals surface area contributed by atoms with Crippen molar-refractivity contribution in [2.75, 3.05) is 6.61 Å². The van der Waals surface area contributed by atoms with E-state index < -0.39 is 18.1 Å². The molecule has 7 heteroatoms. The zero-order valence-corrected chi connectivity index (χ0v) is 10.9. The standard InChI is InChI=1S/C13H12F3NO3/c1-3-19-12(18)6-9-5-11(20-13(14,15)16)10(7-17)4-8(9)2/h4-5H,3,6H2,1-2H3. The number of aryl methyl sites for hydroxylation is 1. The first kappa shape index (κ1) is 15.8. The van der Waals surface area contributed by atoms with Crippen LogP contribution in [0, 0.1) is 18.3 Å². The Bertz CT molecular complexity index is 547. The lowest BCUT2D eigenvalue weighted by molar-refractivity contribution is -0.274. The number of alkyl halides is 3. The Morgan fingerprint density at radius 3 is 2.55 bits per heavy atom. The van der Waals surface area contributed by atoms with Gasteiger partial charge in [0, 0.05) is 0 Å². The maximum atomic E-state index is 12.2. The lowest BCUT2D eigenvalue weighted by Crippen LogP contribution is -2.18. The summed E-state index contributed by atoms with van der Waals surface area (Å²) in [7, 11) is 0. The van der Waals surface area contributed by atoms with E-state index in [9.17, 15) is 18.0 Å². The zero-order chi connectivity index (χ0) is 15.3. The average Bonchev–Trinajstić information content (AvgIpc) is 2.31. The van der Waals surface area contributed by atoms with Gasteiger partial charge in [0.1, 0.15) is 11.8 Å². The minimum atomic E-state index is -4.90. The van der Waals surface area contributed by atoms with Crippen LogP contribution in [0.15, 0.2) is 12.1 Å². The summed E-state index contributed by atoms with van der Waals surface area (Å²) in [4.78, 5) is 11.4. The number of benzene rings is 1. The summed E-state index contributed by atoms with van der Waals surface area (Å²) in [6, 6.07) is 3.91. The van der Waals surface area contributed by atoms with E-state index in [0.717, 1.165) is 6.07 Å². The molecule has 4 nitrogen and oxygen atoms in total. The highest BCUT2D eigenvalue weighted by atomic mass is 19.4. The Kier molecular flexibility index (Phi) is 4.97. The lowest BCUT2D eigenvalue weighted by atomic mass is 10.0. The van der Waals surface area contributed by atoms with E-state index in [0.29, 0.717) is 11.1 Å². The number of halogens is 3. The molecule has 0 aliphatic heterocycles. The third-order valence-electron chi connectivity index (χ3n) is 2.42. The van der Waals surface area contributed by atoms with Gasteiger partial charge in [0.05, 0.1) is 18.6 Å². The van der Waals surface area contributed by atoms with E-state index in [2.05, 4.69) is 4.74 Å². The molecule has 0 aliphatic rings. The van der Waals surface area contributed by atoms with Crippen LogP contribution in [-0.2, 0) is 16.0 Å². The van der Waals surface area contributed by atoms with E-state index >= 15 is 0 Å². The molecule has 0 amide bonds. The molecule has 0 saturated heterocycles. The predicted octanol–water partition coefficient (Wildman–Crippen LogP) is 2.87.